The van der Waals surface area contributed by atoms with Crippen LogP contribution < -0.4 is 37.9 Å². The van der Waals surface area contributed by atoms with Gasteiger partial charge in [0.15, 0.2) is 5.82 Å². The molecular weight excluding hydrogens is 477 g/mol. The quantitative estimate of drug-likeness (QED) is 0.142. The third kappa shape index (κ3) is 7.35. The zero-order valence-corrected chi connectivity index (χ0v) is 20.7. The lowest BCUT2D eigenvalue weighted by molar-refractivity contribution is -0.122. The molecule has 0 saturated heterocycles. The van der Waals surface area contributed by atoms with Gasteiger partial charge in [-0.25, -0.2) is 4.39 Å². The number of aromatic nitrogens is 1. The van der Waals surface area contributed by atoms with Crippen molar-refractivity contribution < 1.29 is 18.8 Å². The van der Waals surface area contributed by atoms with Gasteiger partial charge in [-0.1, -0.05) is 6.42 Å². The van der Waals surface area contributed by atoms with E-state index >= 15 is 4.39 Å². The Hall–Kier alpha value is -4.28. The normalized spacial score (nSPS) is 12.0. The molecule has 0 bridgehead atoms. The molecule has 1 aromatic heterocycles. The molecular formula is C26H32FN7O3. The topological polar surface area (TPSA) is 176 Å². The number of hydrogen-bond donors (Lipinski definition) is 6. The van der Waals surface area contributed by atoms with Crippen molar-refractivity contribution in [2.75, 3.05) is 17.6 Å². The Kier molecular flexibility index (Phi) is 9.31. The highest BCUT2D eigenvalue weighted by atomic mass is 19.1. The van der Waals surface area contributed by atoms with Crippen molar-refractivity contribution in [3.8, 4) is 11.1 Å². The number of nitrogens with two attached hydrogens (primary N) is 2. The second kappa shape index (κ2) is 12.6. The smallest absolute Gasteiger partial charge is 0.225 e. The first-order valence-electron chi connectivity index (χ1n) is 12.1. The third-order valence-corrected chi connectivity index (χ3v) is 6.05. The molecule has 2 aromatic rings. The molecule has 1 aliphatic heterocycles. The summed E-state index contributed by atoms with van der Waals surface area (Å²) < 4.78 is 15.1. The number of fused-ring (bicyclic) bond motifs is 1. The van der Waals surface area contributed by atoms with Gasteiger partial charge in [0.2, 0.25) is 17.7 Å². The standard InChI is InChI=1S/C26H32FN7O3/c1-15-18(12-31-14-20(15)28)17-10-16(19-13-33-26(19)25(17)27)11-21(29)34-24(37)8-5-7-23(36)32-9-4-2-3-6-22(30)35/h10-14,33H,2-9,28H2,1H3,(H2,30,35)(H,32,36)(H2,29,34,37). The largest absolute Gasteiger partial charge is 0.397 e. The van der Waals surface area contributed by atoms with Gasteiger partial charge in [-0.2, -0.15) is 0 Å². The van der Waals surface area contributed by atoms with E-state index in [-0.39, 0.29) is 36.4 Å². The maximum absolute atomic E-state index is 15.1. The van der Waals surface area contributed by atoms with Crippen molar-refractivity contribution in [3.63, 3.8) is 0 Å². The van der Waals surface area contributed by atoms with E-state index in [1.807, 2.05) is 0 Å². The van der Waals surface area contributed by atoms with Gasteiger partial charge in [0.05, 0.1) is 17.6 Å². The van der Waals surface area contributed by atoms with Crippen LogP contribution in [0.15, 0.2) is 18.5 Å². The Bertz CT molecular complexity index is 1340. The fourth-order valence-electron chi connectivity index (χ4n) is 3.92. The van der Waals surface area contributed by atoms with Crippen LogP contribution in [0.1, 0.15) is 50.5 Å². The molecule has 0 atom stereocenters. The number of halogens is 1. The summed E-state index contributed by atoms with van der Waals surface area (Å²) in [7, 11) is 0. The molecule has 0 spiro atoms. The monoisotopic (exact) mass is 509 g/mol. The molecule has 0 fully saturated rings. The predicted molar refractivity (Wildman–Crippen MR) is 141 cm³/mol. The average Bonchev–Trinajstić information content (AvgIpc) is 2.79. The molecule has 0 aliphatic carbocycles. The molecule has 0 unspecified atom stereocenters. The zero-order chi connectivity index (χ0) is 26.9. The van der Waals surface area contributed by atoms with Crippen molar-refractivity contribution in [2.24, 2.45) is 5.73 Å². The summed E-state index contributed by atoms with van der Waals surface area (Å²) in [5.74, 6) is -1.46. The fourth-order valence-corrected chi connectivity index (χ4v) is 3.92. The van der Waals surface area contributed by atoms with Crippen molar-refractivity contribution in [1.82, 2.24) is 15.6 Å². The Labute approximate surface area is 213 Å². The van der Waals surface area contributed by atoms with Crippen LogP contribution in [-0.4, -0.2) is 35.1 Å². The van der Waals surface area contributed by atoms with Gasteiger partial charge in [0, 0.05) is 54.5 Å². The molecule has 8 N–H and O–H groups in total. The number of anilines is 2. The van der Waals surface area contributed by atoms with E-state index in [1.54, 1.807) is 19.2 Å². The average molecular weight is 510 g/mol. The van der Waals surface area contributed by atoms with Gasteiger partial charge in [-0.15, -0.1) is 0 Å². The molecule has 2 heterocycles. The van der Waals surface area contributed by atoms with Gasteiger partial charge < -0.3 is 27.4 Å². The fraction of sp³-hybridized carbons (Fsp3) is 0.346. The van der Waals surface area contributed by atoms with Crippen LogP contribution >= 0.6 is 0 Å². The number of nitrogens with one attached hydrogen (secondary N) is 4. The molecule has 10 nitrogen and oxygen atoms in total. The molecule has 3 rings (SSSR count). The molecule has 1 aromatic carbocycles. The Morgan fingerprint density at radius 2 is 1.84 bits per heavy atom. The lowest BCUT2D eigenvalue weighted by atomic mass is 9.97. The molecule has 3 amide bonds. The van der Waals surface area contributed by atoms with Crippen LogP contribution in [-0.2, 0) is 14.4 Å². The van der Waals surface area contributed by atoms with E-state index in [0.717, 1.165) is 12.8 Å². The number of rotatable bonds is 12. The summed E-state index contributed by atoms with van der Waals surface area (Å²) in [6.07, 6.45) is 9.32. The number of carbonyl (C=O) groups excluding carboxylic acids is 3. The van der Waals surface area contributed by atoms with E-state index in [2.05, 4.69) is 20.9 Å². The highest BCUT2D eigenvalue weighted by molar-refractivity contribution is 6.13. The number of carbonyl (C=O) groups is 3. The van der Waals surface area contributed by atoms with Crippen LogP contribution in [0.5, 0.6) is 0 Å². The zero-order valence-electron chi connectivity index (χ0n) is 20.7. The van der Waals surface area contributed by atoms with Crippen LogP contribution in [0.3, 0.4) is 0 Å². The number of benzene rings is 1. The lowest BCUT2D eigenvalue weighted by Gasteiger charge is -2.18. The molecule has 0 saturated carbocycles. The van der Waals surface area contributed by atoms with Gasteiger partial charge >= 0.3 is 0 Å². The Morgan fingerprint density at radius 1 is 1.08 bits per heavy atom. The summed E-state index contributed by atoms with van der Waals surface area (Å²) in [4.78, 5) is 38.9. The molecule has 0 radical (unpaired) electrons. The predicted octanol–water partition coefficient (Wildman–Crippen LogP) is 1.15. The number of nitrogens with zero attached hydrogens (tertiary/aromatic N) is 1. The summed E-state index contributed by atoms with van der Waals surface area (Å²) in [5, 5.41) is 17.5. The first-order valence-corrected chi connectivity index (χ1v) is 12.1. The highest BCUT2D eigenvalue weighted by Gasteiger charge is 2.19. The van der Waals surface area contributed by atoms with Crippen LogP contribution in [0, 0.1) is 18.2 Å². The van der Waals surface area contributed by atoms with E-state index in [9.17, 15) is 14.4 Å². The minimum absolute atomic E-state index is 0.0802. The second-order valence-electron chi connectivity index (χ2n) is 8.89. The number of hydrogen-bond acceptors (Lipinski definition) is 7. The van der Waals surface area contributed by atoms with Gasteiger partial charge in [0.25, 0.3) is 0 Å². The number of primary amides is 1. The first kappa shape index (κ1) is 27.3. The lowest BCUT2D eigenvalue weighted by Crippen LogP contribution is -2.39. The summed E-state index contributed by atoms with van der Waals surface area (Å²) >= 11 is 0. The van der Waals surface area contributed by atoms with Gasteiger partial charge in [-0.3, -0.25) is 24.8 Å². The van der Waals surface area contributed by atoms with Crippen molar-refractivity contribution in [2.45, 2.75) is 51.9 Å². The second-order valence-corrected chi connectivity index (χ2v) is 8.89. The maximum atomic E-state index is 15.1. The molecule has 11 heteroatoms. The highest BCUT2D eigenvalue weighted by Crippen LogP contribution is 2.30. The van der Waals surface area contributed by atoms with Gasteiger partial charge in [-0.05, 0) is 49.1 Å². The van der Waals surface area contributed by atoms with Crippen LogP contribution in [0.25, 0.3) is 23.4 Å². The number of nitrogen functional groups attached to an aromatic ring is 1. The summed E-state index contributed by atoms with van der Waals surface area (Å²) in [5.41, 5.74) is 13.3. The van der Waals surface area contributed by atoms with Crippen molar-refractivity contribution in [3.05, 3.63) is 40.3 Å². The number of unbranched alkanes of at least 4 members (excludes halogenated alkanes) is 2. The Balaban J connectivity index is 1.53. The van der Waals surface area contributed by atoms with E-state index < -0.39 is 5.82 Å². The van der Waals surface area contributed by atoms with E-state index in [1.165, 1.54) is 18.5 Å². The Morgan fingerprint density at radius 3 is 2.54 bits per heavy atom. The number of amidine groups is 1. The van der Waals surface area contributed by atoms with Crippen molar-refractivity contribution in [1.29, 1.82) is 5.41 Å². The molecule has 1 aliphatic rings. The third-order valence-electron chi connectivity index (χ3n) is 6.05. The summed E-state index contributed by atoms with van der Waals surface area (Å²) in [6, 6.07) is 1.61. The molecule has 37 heavy (non-hydrogen) atoms. The summed E-state index contributed by atoms with van der Waals surface area (Å²) in [6.45, 7) is 2.29. The minimum atomic E-state index is -0.440. The maximum Gasteiger partial charge on any atom is 0.225 e. The van der Waals surface area contributed by atoms with Crippen LogP contribution in [0.2, 0.25) is 0 Å². The van der Waals surface area contributed by atoms with Crippen molar-refractivity contribution >= 4 is 47.2 Å². The van der Waals surface area contributed by atoms with Crippen LogP contribution in [0.4, 0.5) is 15.8 Å². The SMILES string of the molecule is Cc1c(N)cncc1-c1cc(=CC(=N)NC(=O)CCCC(=O)NCCCCCC(N)=O)c2c(c1F)NC=2. The minimum Gasteiger partial charge on any atom is -0.397 e. The first-order chi connectivity index (χ1) is 17.7. The number of amides is 3. The van der Waals surface area contributed by atoms with Gasteiger partial charge in [0.1, 0.15) is 5.84 Å². The van der Waals surface area contributed by atoms with E-state index in [0.29, 0.717) is 64.3 Å². The van der Waals surface area contributed by atoms with E-state index in [4.69, 9.17) is 16.9 Å². The number of pyridine rings is 1. The molecule has 196 valence electrons.